The lowest BCUT2D eigenvalue weighted by Gasteiger charge is -2.28. The second-order valence-electron chi connectivity index (χ2n) is 8.25. The van der Waals surface area contributed by atoms with Crippen LogP contribution in [0.1, 0.15) is 6.92 Å². The van der Waals surface area contributed by atoms with Crippen LogP contribution in [0.3, 0.4) is 0 Å². The summed E-state index contributed by atoms with van der Waals surface area (Å²) >= 11 is 1.16. The van der Waals surface area contributed by atoms with Gasteiger partial charge in [-0.05, 0) is 61.5 Å². The van der Waals surface area contributed by atoms with Gasteiger partial charge in [0.25, 0.3) is 0 Å². The van der Waals surface area contributed by atoms with Crippen LogP contribution in [0.5, 0.6) is 0 Å². The van der Waals surface area contributed by atoms with Crippen LogP contribution in [-0.2, 0) is 14.8 Å². The molecule has 9 nitrogen and oxygen atoms in total. The van der Waals surface area contributed by atoms with Gasteiger partial charge in [0, 0.05) is 36.2 Å². The van der Waals surface area contributed by atoms with Gasteiger partial charge in [-0.3, -0.25) is 4.72 Å². The molecular formula is C25H25FN6O3S2. The Hall–Kier alpha value is -3.61. The fraction of sp³-hybridized carbons (Fsp3) is 0.240. The van der Waals surface area contributed by atoms with E-state index in [1.165, 1.54) is 12.1 Å². The maximum atomic E-state index is 13.5. The third-order valence-corrected chi connectivity index (χ3v) is 8.14. The molecule has 2 aromatic heterocycles. The highest BCUT2D eigenvalue weighted by atomic mass is 32.2. The van der Waals surface area contributed by atoms with Gasteiger partial charge in [-0.25, -0.2) is 27.8 Å². The van der Waals surface area contributed by atoms with Gasteiger partial charge in [0.05, 0.1) is 35.2 Å². The van der Waals surface area contributed by atoms with Crippen LogP contribution >= 0.6 is 11.3 Å². The first kappa shape index (κ1) is 25.1. The van der Waals surface area contributed by atoms with Gasteiger partial charge in [0.1, 0.15) is 5.82 Å². The highest BCUT2D eigenvalue weighted by molar-refractivity contribution is 7.92. The highest BCUT2D eigenvalue weighted by Gasteiger charge is 2.20. The van der Waals surface area contributed by atoms with Crippen LogP contribution in [0.15, 0.2) is 60.8 Å². The Morgan fingerprint density at radius 1 is 1.03 bits per heavy atom. The van der Waals surface area contributed by atoms with Crippen LogP contribution < -0.4 is 14.9 Å². The number of ether oxygens (including phenoxy) is 1. The average Bonchev–Trinajstić information content (AvgIpc) is 3.33. The molecule has 0 spiro atoms. The van der Waals surface area contributed by atoms with Gasteiger partial charge in [-0.1, -0.05) is 11.3 Å². The van der Waals surface area contributed by atoms with E-state index in [1.807, 2.05) is 24.3 Å². The molecule has 4 aromatic rings. The van der Waals surface area contributed by atoms with Crippen molar-refractivity contribution in [3.05, 3.63) is 66.6 Å². The van der Waals surface area contributed by atoms with Crippen LogP contribution in [0, 0.1) is 5.82 Å². The van der Waals surface area contributed by atoms with Crippen molar-refractivity contribution in [3.8, 4) is 21.8 Å². The van der Waals surface area contributed by atoms with Gasteiger partial charge in [0.15, 0.2) is 5.13 Å². The van der Waals surface area contributed by atoms with Crippen LogP contribution in [0.25, 0.3) is 21.8 Å². The normalized spacial score (nSPS) is 13.9. The lowest BCUT2D eigenvalue weighted by atomic mass is 10.1. The summed E-state index contributed by atoms with van der Waals surface area (Å²) in [5.41, 5.74) is 3.65. The molecule has 1 fully saturated rings. The Balaban J connectivity index is 1.43. The molecule has 37 heavy (non-hydrogen) atoms. The maximum Gasteiger partial charge on any atom is 0.234 e. The monoisotopic (exact) mass is 540 g/mol. The van der Waals surface area contributed by atoms with Gasteiger partial charge < -0.3 is 15.0 Å². The molecule has 0 radical (unpaired) electrons. The first-order valence-electron chi connectivity index (χ1n) is 11.7. The first-order valence-corrected chi connectivity index (χ1v) is 14.2. The Bertz CT molecular complexity index is 1470. The van der Waals surface area contributed by atoms with Crippen molar-refractivity contribution in [1.29, 1.82) is 0 Å². The predicted octanol–water partition coefficient (Wildman–Crippen LogP) is 4.75. The number of halogens is 1. The fourth-order valence-electron chi connectivity index (χ4n) is 3.80. The standard InChI is InChI=1S/C25H25FN6O3S2/c1-2-37(33,34)31-25-30-22(17-3-5-18(26)6-4-17)23(36-25)21-11-12-27-24(29-21)28-19-7-9-20(10-8-19)32-13-15-35-16-14-32/h3-12H,2,13-16H2,1H3,(H,30,31)(H,27,28,29). The van der Waals surface area contributed by atoms with E-state index in [1.54, 1.807) is 31.3 Å². The molecule has 2 N–H and O–H groups in total. The number of nitrogens with one attached hydrogen (secondary N) is 2. The zero-order valence-electron chi connectivity index (χ0n) is 20.0. The van der Waals surface area contributed by atoms with Crippen molar-refractivity contribution in [3.63, 3.8) is 0 Å². The number of hydrogen-bond acceptors (Lipinski definition) is 9. The molecule has 12 heteroatoms. The molecule has 192 valence electrons. The van der Waals surface area contributed by atoms with E-state index in [9.17, 15) is 12.8 Å². The number of morpholine rings is 1. The summed E-state index contributed by atoms with van der Waals surface area (Å²) in [7, 11) is -3.53. The quantitative estimate of drug-likeness (QED) is 0.330. The Labute approximate surface area is 218 Å². The summed E-state index contributed by atoms with van der Waals surface area (Å²) in [5.74, 6) is -0.0777. The van der Waals surface area contributed by atoms with E-state index in [0.29, 0.717) is 27.8 Å². The number of anilines is 4. The molecular weight excluding hydrogens is 515 g/mol. The molecule has 0 amide bonds. The van der Waals surface area contributed by atoms with E-state index in [-0.39, 0.29) is 16.7 Å². The minimum absolute atomic E-state index is 0.0836. The number of aromatic nitrogens is 3. The highest BCUT2D eigenvalue weighted by Crippen LogP contribution is 2.39. The summed E-state index contributed by atoms with van der Waals surface area (Å²) in [5, 5.41) is 3.43. The van der Waals surface area contributed by atoms with Crippen molar-refractivity contribution in [2.45, 2.75) is 6.92 Å². The minimum atomic E-state index is -3.53. The first-order chi connectivity index (χ1) is 17.9. The third kappa shape index (κ3) is 6.04. The average molecular weight is 541 g/mol. The van der Waals surface area contributed by atoms with Crippen LogP contribution in [-0.4, -0.2) is 55.4 Å². The van der Waals surface area contributed by atoms with Crippen molar-refractivity contribution in [1.82, 2.24) is 15.0 Å². The topological polar surface area (TPSA) is 109 Å². The van der Waals surface area contributed by atoms with E-state index in [2.05, 4.69) is 29.9 Å². The van der Waals surface area contributed by atoms with E-state index < -0.39 is 10.0 Å². The van der Waals surface area contributed by atoms with Crippen molar-refractivity contribution >= 4 is 43.8 Å². The van der Waals surface area contributed by atoms with Gasteiger partial charge in [0.2, 0.25) is 16.0 Å². The number of benzene rings is 2. The summed E-state index contributed by atoms with van der Waals surface area (Å²) in [6.07, 6.45) is 1.62. The zero-order chi connectivity index (χ0) is 25.8. The molecule has 1 aliphatic rings. The van der Waals surface area contributed by atoms with E-state index in [0.717, 1.165) is 49.0 Å². The molecule has 0 atom stereocenters. The molecule has 0 saturated carbocycles. The largest absolute Gasteiger partial charge is 0.378 e. The van der Waals surface area contributed by atoms with E-state index >= 15 is 0 Å². The lowest BCUT2D eigenvalue weighted by Crippen LogP contribution is -2.36. The molecule has 0 aliphatic carbocycles. The number of thiazole rings is 1. The van der Waals surface area contributed by atoms with E-state index in [4.69, 9.17) is 4.74 Å². The predicted molar refractivity (Wildman–Crippen MR) is 144 cm³/mol. The Morgan fingerprint density at radius 2 is 1.76 bits per heavy atom. The van der Waals surface area contributed by atoms with Gasteiger partial charge >= 0.3 is 0 Å². The van der Waals surface area contributed by atoms with Gasteiger partial charge in [-0.2, -0.15) is 0 Å². The molecule has 1 saturated heterocycles. The Morgan fingerprint density at radius 3 is 2.46 bits per heavy atom. The van der Waals surface area contributed by atoms with Crippen molar-refractivity contribution < 1.29 is 17.5 Å². The smallest absolute Gasteiger partial charge is 0.234 e. The lowest BCUT2D eigenvalue weighted by molar-refractivity contribution is 0.122. The summed E-state index contributed by atoms with van der Waals surface area (Å²) in [6.45, 7) is 4.71. The van der Waals surface area contributed by atoms with Crippen molar-refractivity contribution in [2.75, 3.05) is 47.0 Å². The molecule has 3 heterocycles. The minimum Gasteiger partial charge on any atom is -0.378 e. The third-order valence-electron chi connectivity index (χ3n) is 5.76. The number of rotatable bonds is 8. The Kier molecular flexibility index (Phi) is 7.31. The van der Waals surface area contributed by atoms with Crippen molar-refractivity contribution in [2.24, 2.45) is 0 Å². The number of nitrogens with zero attached hydrogens (tertiary/aromatic N) is 4. The molecule has 0 unspecified atom stereocenters. The molecule has 1 aliphatic heterocycles. The second kappa shape index (κ2) is 10.8. The van der Waals surface area contributed by atoms with Crippen LogP contribution in [0.4, 0.5) is 26.8 Å². The fourth-order valence-corrected chi connectivity index (χ4v) is 5.61. The van der Waals surface area contributed by atoms with Gasteiger partial charge in [-0.15, -0.1) is 0 Å². The number of hydrogen-bond donors (Lipinski definition) is 2. The summed E-state index contributed by atoms with van der Waals surface area (Å²) in [6, 6.07) is 15.6. The molecule has 2 aromatic carbocycles. The maximum absolute atomic E-state index is 13.5. The van der Waals surface area contributed by atoms with Crippen LogP contribution in [0.2, 0.25) is 0 Å². The SMILES string of the molecule is CCS(=O)(=O)Nc1nc(-c2ccc(F)cc2)c(-c2ccnc(Nc3ccc(N4CCOCC4)cc3)n2)s1. The molecule has 5 rings (SSSR count). The zero-order valence-corrected chi connectivity index (χ0v) is 21.7. The molecule has 0 bridgehead atoms. The second-order valence-corrected chi connectivity index (χ2v) is 11.3. The number of sulfonamides is 1. The summed E-state index contributed by atoms with van der Waals surface area (Å²) < 4.78 is 45.8. The summed E-state index contributed by atoms with van der Waals surface area (Å²) in [4.78, 5) is 16.4.